The Hall–Kier alpha value is -2.54. The summed E-state index contributed by atoms with van der Waals surface area (Å²) in [7, 11) is 0. The predicted octanol–water partition coefficient (Wildman–Crippen LogP) is 4.64. The third-order valence-corrected chi connectivity index (χ3v) is 5.06. The highest BCUT2D eigenvalue weighted by Gasteiger charge is 2.06. The number of amides is 1. The molecule has 0 radical (unpaired) electrons. The standard InChI is InChI=1S/C22H22Cl3N5O/c23-9-11-30(12-10-24)20-7-1-17(2-8-20)13-27-28-22(31)15-29-14-21(26-16-29)18-3-5-19(25)6-4-18/h1-8,13-14,16H,9-12,15H2,(H,28,31)/b27-13+. The van der Waals surface area contributed by atoms with Gasteiger partial charge in [-0.3, -0.25) is 4.79 Å². The zero-order valence-corrected chi connectivity index (χ0v) is 19.0. The van der Waals surface area contributed by atoms with E-state index in [4.69, 9.17) is 34.8 Å². The molecule has 0 saturated heterocycles. The van der Waals surface area contributed by atoms with Gasteiger partial charge in [0.25, 0.3) is 5.91 Å². The van der Waals surface area contributed by atoms with Crippen molar-refractivity contribution in [2.45, 2.75) is 6.54 Å². The number of aromatic nitrogens is 2. The minimum atomic E-state index is -0.247. The Kier molecular flexibility index (Phi) is 8.76. The number of carbonyl (C=O) groups excluding carboxylic acids is 1. The molecule has 0 saturated carbocycles. The van der Waals surface area contributed by atoms with Gasteiger partial charge in [0.2, 0.25) is 0 Å². The molecule has 0 aliphatic rings. The quantitative estimate of drug-likeness (QED) is 0.262. The maximum Gasteiger partial charge on any atom is 0.260 e. The molecule has 1 N–H and O–H groups in total. The van der Waals surface area contributed by atoms with Gasteiger partial charge in [-0.05, 0) is 29.8 Å². The van der Waals surface area contributed by atoms with E-state index in [-0.39, 0.29) is 12.5 Å². The molecular weight excluding hydrogens is 457 g/mol. The van der Waals surface area contributed by atoms with Crippen molar-refractivity contribution in [2.24, 2.45) is 5.10 Å². The van der Waals surface area contributed by atoms with Crippen LogP contribution >= 0.6 is 34.8 Å². The normalized spacial score (nSPS) is 11.1. The summed E-state index contributed by atoms with van der Waals surface area (Å²) in [6.45, 7) is 1.57. The summed E-state index contributed by atoms with van der Waals surface area (Å²) in [5, 5.41) is 4.70. The van der Waals surface area contributed by atoms with E-state index in [1.54, 1.807) is 35.4 Å². The number of rotatable bonds is 10. The summed E-state index contributed by atoms with van der Waals surface area (Å²) in [5.74, 6) is 0.817. The van der Waals surface area contributed by atoms with Crippen molar-refractivity contribution in [1.82, 2.24) is 15.0 Å². The Balaban J connectivity index is 1.52. The molecule has 0 bridgehead atoms. The topological polar surface area (TPSA) is 62.5 Å². The third kappa shape index (κ3) is 6.99. The van der Waals surface area contributed by atoms with Gasteiger partial charge in [-0.15, -0.1) is 23.2 Å². The number of carbonyl (C=O) groups is 1. The maximum atomic E-state index is 12.2. The van der Waals surface area contributed by atoms with Crippen LogP contribution in [0, 0.1) is 0 Å². The van der Waals surface area contributed by atoms with Crippen LogP contribution in [0.2, 0.25) is 5.02 Å². The highest BCUT2D eigenvalue weighted by molar-refractivity contribution is 6.30. The molecule has 9 heteroatoms. The van der Waals surface area contributed by atoms with Gasteiger partial charge >= 0.3 is 0 Å². The highest BCUT2D eigenvalue weighted by atomic mass is 35.5. The van der Waals surface area contributed by atoms with Gasteiger partial charge in [0.15, 0.2) is 0 Å². The monoisotopic (exact) mass is 477 g/mol. The number of nitrogens with zero attached hydrogens (tertiary/aromatic N) is 4. The van der Waals surface area contributed by atoms with Crippen molar-refractivity contribution in [3.63, 3.8) is 0 Å². The fourth-order valence-corrected chi connectivity index (χ4v) is 3.48. The average Bonchev–Trinajstić information content (AvgIpc) is 3.23. The molecule has 162 valence electrons. The number of imidazole rings is 1. The number of nitrogens with one attached hydrogen (secondary N) is 1. The van der Waals surface area contributed by atoms with Crippen molar-refractivity contribution in [2.75, 3.05) is 29.7 Å². The Morgan fingerprint density at radius 2 is 1.74 bits per heavy atom. The van der Waals surface area contributed by atoms with Crippen LogP contribution in [-0.2, 0) is 11.3 Å². The molecule has 6 nitrogen and oxygen atoms in total. The first kappa shape index (κ1) is 23.1. The molecule has 0 fully saturated rings. The van der Waals surface area contributed by atoms with E-state index in [1.165, 1.54) is 0 Å². The van der Waals surface area contributed by atoms with Crippen LogP contribution in [0.4, 0.5) is 5.69 Å². The van der Waals surface area contributed by atoms with E-state index in [0.717, 1.165) is 35.6 Å². The van der Waals surface area contributed by atoms with Gasteiger partial charge in [0.1, 0.15) is 6.54 Å². The van der Waals surface area contributed by atoms with E-state index in [1.807, 2.05) is 36.4 Å². The van der Waals surface area contributed by atoms with Gasteiger partial charge in [-0.2, -0.15) is 5.10 Å². The third-order valence-electron chi connectivity index (χ3n) is 4.47. The number of benzene rings is 2. The van der Waals surface area contributed by atoms with Gasteiger partial charge in [0, 0.05) is 47.3 Å². The SMILES string of the molecule is O=C(Cn1cnc(-c2ccc(Cl)cc2)c1)N/N=C/c1ccc(N(CCCl)CCCl)cc1. The second kappa shape index (κ2) is 11.7. The summed E-state index contributed by atoms with van der Waals surface area (Å²) < 4.78 is 1.70. The van der Waals surface area contributed by atoms with Gasteiger partial charge in [-0.25, -0.2) is 10.4 Å². The smallest absolute Gasteiger partial charge is 0.260 e. The Bertz CT molecular complexity index is 997. The van der Waals surface area contributed by atoms with Gasteiger partial charge in [0.05, 0.1) is 18.2 Å². The van der Waals surface area contributed by atoms with Crippen molar-refractivity contribution < 1.29 is 4.79 Å². The van der Waals surface area contributed by atoms with Crippen LogP contribution in [-0.4, -0.2) is 46.5 Å². The molecule has 2 aromatic carbocycles. The summed E-state index contributed by atoms with van der Waals surface area (Å²) in [5.41, 5.74) is 6.14. The molecule has 3 aromatic rings. The number of hydrogen-bond donors (Lipinski definition) is 1. The Morgan fingerprint density at radius 1 is 1.06 bits per heavy atom. The number of hydrazone groups is 1. The average molecular weight is 479 g/mol. The van der Waals surface area contributed by atoms with Crippen LogP contribution in [0.15, 0.2) is 66.2 Å². The van der Waals surface area contributed by atoms with E-state index in [0.29, 0.717) is 16.8 Å². The molecule has 0 atom stereocenters. The van der Waals surface area contributed by atoms with Crippen molar-refractivity contribution in [3.8, 4) is 11.3 Å². The van der Waals surface area contributed by atoms with Crippen molar-refractivity contribution >= 4 is 52.6 Å². The van der Waals surface area contributed by atoms with E-state index in [9.17, 15) is 4.79 Å². The van der Waals surface area contributed by atoms with Crippen molar-refractivity contribution in [1.29, 1.82) is 0 Å². The molecule has 0 aliphatic carbocycles. The van der Waals surface area contributed by atoms with Gasteiger partial charge < -0.3 is 9.47 Å². The highest BCUT2D eigenvalue weighted by Crippen LogP contribution is 2.19. The zero-order chi connectivity index (χ0) is 22.1. The summed E-state index contributed by atoms with van der Waals surface area (Å²) in [4.78, 5) is 18.6. The number of anilines is 1. The predicted molar refractivity (Wildman–Crippen MR) is 129 cm³/mol. The number of halogens is 3. The maximum absolute atomic E-state index is 12.2. The lowest BCUT2D eigenvalue weighted by Crippen LogP contribution is -2.27. The van der Waals surface area contributed by atoms with Gasteiger partial charge in [-0.1, -0.05) is 35.9 Å². The zero-order valence-electron chi connectivity index (χ0n) is 16.7. The van der Waals surface area contributed by atoms with E-state index < -0.39 is 0 Å². The first-order valence-electron chi connectivity index (χ1n) is 9.65. The lowest BCUT2D eigenvalue weighted by Gasteiger charge is -2.22. The molecule has 0 unspecified atom stereocenters. The second-order valence-electron chi connectivity index (χ2n) is 6.69. The van der Waals surface area contributed by atoms with Crippen LogP contribution in [0.3, 0.4) is 0 Å². The summed E-state index contributed by atoms with van der Waals surface area (Å²) in [6.07, 6.45) is 5.01. The van der Waals surface area contributed by atoms with E-state index in [2.05, 4.69) is 20.4 Å². The van der Waals surface area contributed by atoms with Crippen LogP contribution in [0.25, 0.3) is 11.3 Å². The Morgan fingerprint density at radius 3 is 2.39 bits per heavy atom. The fraction of sp³-hybridized carbons (Fsp3) is 0.227. The summed E-state index contributed by atoms with van der Waals surface area (Å²) >= 11 is 17.6. The number of hydrogen-bond acceptors (Lipinski definition) is 4. The number of alkyl halides is 2. The molecule has 0 aliphatic heterocycles. The molecule has 0 spiro atoms. The second-order valence-corrected chi connectivity index (χ2v) is 7.88. The van der Waals surface area contributed by atoms with Crippen LogP contribution in [0.5, 0.6) is 0 Å². The fourth-order valence-electron chi connectivity index (χ4n) is 2.94. The summed E-state index contributed by atoms with van der Waals surface area (Å²) in [6, 6.07) is 15.2. The van der Waals surface area contributed by atoms with Crippen molar-refractivity contribution in [3.05, 3.63) is 71.6 Å². The first-order valence-corrected chi connectivity index (χ1v) is 11.1. The van der Waals surface area contributed by atoms with Crippen LogP contribution in [0.1, 0.15) is 5.56 Å². The molecule has 3 rings (SSSR count). The minimum absolute atomic E-state index is 0.114. The first-order chi connectivity index (χ1) is 15.1. The largest absolute Gasteiger partial charge is 0.369 e. The lowest BCUT2D eigenvalue weighted by atomic mass is 10.2. The molecule has 1 heterocycles. The minimum Gasteiger partial charge on any atom is -0.369 e. The Labute approximate surface area is 196 Å². The molecular formula is C22H22Cl3N5O. The van der Waals surface area contributed by atoms with Crippen LogP contribution < -0.4 is 10.3 Å². The molecule has 1 aromatic heterocycles. The lowest BCUT2D eigenvalue weighted by molar-refractivity contribution is -0.121. The molecule has 31 heavy (non-hydrogen) atoms. The van der Waals surface area contributed by atoms with E-state index >= 15 is 0 Å². The molecule has 1 amide bonds.